The summed E-state index contributed by atoms with van der Waals surface area (Å²) in [6, 6.07) is 7.50. The summed E-state index contributed by atoms with van der Waals surface area (Å²) in [4.78, 5) is 11.0. The minimum Gasteiger partial charge on any atom is -0.496 e. The van der Waals surface area contributed by atoms with Gasteiger partial charge in [0, 0.05) is 12.1 Å². The number of benzene rings is 1. The minimum atomic E-state index is 0.330. The molecule has 0 bridgehead atoms. The Morgan fingerprint density at radius 2 is 2.18 bits per heavy atom. The van der Waals surface area contributed by atoms with Crippen LogP contribution < -0.4 is 4.74 Å². The highest BCUT2D eigenvalue weighted by Crippen LogP contribution is 2.30. The summed E-state index contributed by atoms with van der Waals surface area (Å²) in [6.45, 7) is 2.59. The van der Waals surface area contributed by atoms with E-state index in [1.54, 1.807) is 11.8 Å². The van der Waals surface area contributed by atoms with Crippen LogP contribution in [0.2, 0.25) is 0 Å². The second kappa shape index (κ2) is 4.78. The lowest BCUT2D eigenvalue weighted by atomic mass is 10.1. The van der Waals surface area contributed by atoms with Crippen molar-refractivity contribution in [3.8, 4) is 17.0 Å². The number of aryl methyl sites for hydroxylation is 1. The van der Waals surface area contributed by atoms with Crippen molar-refractivity contribution in [1.82, 2.24) is 15.0 Å². The standard InChI is InChI=1S/C12H13N3O2/c1-3-15-12(10(8-16)13-14-15)9-6-4-5-7-11(9)17-2/h4-8H,3H2,1-2H3. The molecule has 0 spiro atoms. The molecule has 0 saturated heterocycles. The number of methoxy groups -OCH3 is 1. The highest BCUT2D eigenvalue weighted by molar-refractivity contribution is 5.85. The summed E-state index contributed by atoms with van der Waals surface area (Å²) in [5, 5.41) is 7.78. The maximum atomic E-state index is 11.0. The minimum absolute atomic E-state index is 0.330. The quantitative estimate of drug-likeness (QED) is 0.753. The molecule has 5 heteroatoms. The number of hydrogen-bond donors (Lipinski definition) is 0. The smallest absolute Gasteiger partial charge is 0.172 e. The highest BCUT2D eigenvalue weighted by Gasteiger charge is 2.16. The van der Waals surface area contributed by atoms with E-state index in [1.807, 2.05) is 31.2 Å². The lowest BCUT2D eigenvalue weighted by molar-refractivity contribution is 0.111. The van der Waals surface area contributed by atoms with E-state index >= 15 is 0 Å². The fraction of sp³-hybridized carbons (Fsp3) is 0.250. The first-order valence-electron chi connectivity index (χ1n) is 5.33. The zero-order valence-electron chi connectivity index (χ0n) is 9.75. The van der Waals surface area contributed by atoms with Crippen LogP contribution in [-0.2, 0) is 6.54 Å². The summed E-state index contributed by atoms with van der Waals surface area (Å²) >= 11 is 0. The van der Waals surface area contributed by atoms with E-state index in [9.17, 15) is 4.79 Å². The number of rotatable bonds is 4. The van der Waals surface area contributed by atoms with Gasteiger partial charge < -0.3 is 4.74 Å². The van der Waals surface area contributed by atoms with Gasteiger partial charge in [-0.2, -0.15) is 0 Å². The molecule has 0 amide bonds. The number of aldehydes is 1. The third-order valence-electron chi connectivity index (χ3n) is 2.53. The average molecular weight is 231 g/mol. The Kier molecular flexibility index (Phi) is 3.18. The van der Waals surface area contributed by atoms with Gasteiger partial charge in [0.05, 0.1) is 7.11 Å². The molecule has 0 aliphatic rings. The largest absolute Gasteiger partial charge is 0.496 e. The highest BCUT2D eigenvalue weighted by atomic mass is 16.5. The fourth-order valence-corrected chi connectivity index (χ4v) is 1.74. The second-order valence-electron chi connectivity index (χ2n) is 3.46. The maximum absolute atomic E-state index is 11.0. The molecule has 5 nitrogen and oxygen atoms in total. The second-order valence-corrected chi connectivity index (χ2v) is 3.46. The van der Waals surface area contributed by atoms with E-state index < -0.39 is 0 Å². The van der Waals surface area contributed by atoms with Crippen LogP contribution in [0.5, 0.6) is 5.75 Å². The van der Waals surface area contributed by atoms with Crippen molar-refractivity contribution in [2.24, 2.45) is 0 Å². The molecule has 88 valence electrons. The third-order valence-corrected chi connectivity index (χ3v) is 2.53. The van der Waals surface area contributed by atoms with Crippen molar-refractivity contribution in [2.75, 3.05) is 7.11 Å². The first-order chi connectivity index (χ1) is 8.31. The predicted octanol–water partition coefficient (Wildman–Crippen LogP) is 1.79. The molecule has 0 aliphatic heterocycles. The van der Waals surface area contributed by atoms with Gasteiger partial charge in [0.2, 0.25) is 0 Å². The van der Waals surface area contributed by atoms with Gasteiger partial charge in [0.15, 0.2) is 12.0 Å². The van der Waals surface area contributed by atoms with Crippen LogP contribution in [0.1, 0.15) is 17.4 Å². The molecule has 0 unspecified atom stereocenters. The van der Waals surface area contributed by atoms with Gasteiger partial charge in [-0.25, -0.2) is 4.68 Å². The molecule has 0 aliphatic carbocycles. The summed E-state index contributed by atoms with van der Waals surface area (Å²) in [6.07, 6.45) is 0.709. The third kappa shape index (κ3) is 1.91. The van der Waals surface area contributed by atoms with Crippen LogP contribution in [-0.4, -0.2) is 28.4 Å². The van der Waals surface area contributed by atoms with Crippen molar-refractivity contribution >= 4 is 6.29 Å². The molecule has 1 aromatic heterocycles. The maximum Gasteiger partial charge on any atom is 0.172 e. The van der Waals surface area contributed by atoms with Crippen molar-refractivity contribution in [1.29, 1.82) is 0 Å². The molecule has 0 atom stereocenters. The van der Waals surface area contributed by atoms with E-state index in [2.05, 4.69) is 10.3 Å². The van der Waals surface area contributed by atoms with Crippen LogP contribution in [0, 0.1) is 0 Å². The van der Waals surface area contributed by atoms with E-state index in [0.29, 0.717) is 30.0 Å². The van der Waals surface area contributed by atoms with E-state index in [1.165, 1.54) is 0 Å². The van der Waals surface area contributed by atoms with Crippen LogP contribution in [0.4, 0.5) is 0 Å². The van der Waals surface area contributed by atoms with Crippen molar-refractivity contribution in [3.63, 3.8) is 0 Å². The number of carbonyl (C=O) groups excluding carboxylic acids is 1. The molecule has 0 saturated carbocycles. The number of hydrogen-bond acceptors (Lipinski definition) is 4. The molecular formula is C12H13N3O2. The van der Waals surface area contributed by atoms with Gasteiger partial charge >= 0.3 is 0 Å². The predicted molar refractivity (Wildman–Crippen MR) is 63.1 cm³/mol. The van der Waals surface area contributed by atoms with Crippen LogP contribution >= 0.6 is 0 Å². The topological polar surface area (TPSA) is 57.0 Å². The summed E-state index contributed by atoms with van der Waals surface area (Å²) in [5.41, 5.74) is 1.85. The Hall–Kier alpha value is -2.17. The lowest BCUT2D eigenvalue weighted by Gasteiger charge is -2.09. The first kappa shape index (κ1) is 11.3. The van der Waals surface area contributed by atoms with Gasteiger partial charge in [-0.3, -0.25) is 4.79 Å². The molecular weight excluding hydrogens is 218 g/mol. The Bertz CT molecular complexity index is 534. The van der Waals surface area contributed by atoms with Gasteiger partial charge in [0.1, 0.15) is 11.4 Å². The molecule has 2 rings (SSSR count). The van der Waals surface area contributed by atoms with Crippen molar-refractivity contribution in [3.05, 3.63) is 30.0 Å². The fourth-order valence-electron chi connectivity index (χ4n) is 1.74. The SMILES string of the molecule is CCn1nnc(C=O)c1-c1ccccc1OC. The van der Waals surface area contributed by atoms with Gasteiger partial charge in [0.25, 0.3) is 0 Å². The summed E-state index contributed by atoms with van der Waals surface area (Å²) in [7, 11) is 1.60. The lowest BCUT2D eigenvalue weighted by Crippen LogP contribution is -2.01. The number of para-hydroxylation sites is 1. The van der Waals surface area contributed by atoms with E-state index in [-0.39, 0.29) is 0 Å². The number of carbonyl (C=O) groups is 1. The number of ether oxygens (including phenoxy) is 1. The Labute approximate surface area is 99.0 Å². The van der Waals surface area contributed by atoms with Crippen molar-refractivity contribution < 1.29 is 9.53 Å². The van der Waals surface area contributed by atoms with Crippen LogP contribution in [0.25, 0.3) is 11.3 Å². The first-order valence-corrected chi connectivity index (χ1v) is 5.33. The van der Waals surface area contributed by atoms with Crippen LogP contribution in [0.15, 0.2) is 24.3 Å². The van der Waals surface area contributed by atoms with Gasteiger partial charge in [-0.1, -0.05) is 17.3 Å². The Morgan fingerprint density at radius 1 is 1.41 bits per heavy atom. The zero-order chi connectivity index (χ0) is 12.3. The number of nitrogens with zero attached hydrogens (tertiary/aromatic N) is 3. The van der Waals surface area contributed by atoms with E-state index in [4.69, 9.17) is 4.74 Å². The molecule has 0 fully saturated rings. The van der Waals surface area contributed by atoms with Gasteiger partial charge in [-0.05, 0) is 19.1 Å². The van der Waals surface area contributed by atoms with Crippen molar-refractivity contribution in [2.45, 2.75) is 13.5 Å². The average Bonchev–Trinajstić information content (AvgIpc) is 2.81. The van der Waals surface area contributed by atoms with Gasteiger partial charge in [-0.15, -0.1) is 5.10 Å². The molecule has 0 radical (unpaired) electrons. The molecule has 0 N–H and O–H groups in total. The molecule has 17 heavy (non-hydrogen) atoms. The molecule has 1 aromatic carbocycles. The Balaban J connectivity index is 2.66. The molecule has 1 heterocycles. The summed E-state index contributed by atoms with van der Waals surface area (Å²) in [5.74, 6) is 0.701. The normalized spacial score (nSPS) is 10.2. The van der Waals surface area contributed by atoms with E-state index in [0.717, 1.165) is 5.56 Å². The zero-order valence-corrected chi connectivity index (χ0v) is 9.75. The Morgan fingerprint density at radius 3 is 2.82 bits per heavy atom. The van der Waals surface area contributed by atoms with Crippen LogP contribution in [0.3, 0.4) is 0 Å². The number of aromatic nitrogens is 3. The molecule has 2 aromatic rings. The summed E-state index contributed by atoms with van der Waals surface area (Å²) < 4.78 is 6.97. The monoisotopic (exact) mass is 231 g/mol.